The number of rotatable bonds is 1. The van der Waals surface area contributed by atoms with Gasteiger partial charge in [-0.3, -0.25) is 4.79 Å². The molecule has 3 rings (SSSR count). The van der Waals surface area contributed by atoms with Crippen LogP contribution in [0.15, 0.2) is 0 Å². The van der Waals surface area contributed by atoms with Gasteiger partial charge in [-0.2, -0.15) is 0 Å². The minimum absolute atomic E-state index is 0.102. The van der Waals surface area contributed by atoms with E-state index in [4.69, 9.17) is 5.73 Å². The molecule has 1 amide bonds. The lowest BCUT2D eigenvalue weighted by molar-refractivity contribution is -0.139. The lowest BCUT2D eigenvalue weighted by atomic mass is 9.68. The van der Waals surface area contributed by atoms with Gasteiger partial charge in [-0.1, -0.05) is 38.5 Å². The maximum absolute atomic E-state index is 12.8. The second kappa shape index (κ2) is 6.68. The van der Waals surface area contributed by atoms with Gasteiger partial charge in [-0.25, -0.2) is 0 Å². The summed E-state index contributed by atoms with van der Waals surface area (Å²) in [6.45, 7) is 1.98. The van der Waals surface area contributed by atoms with Crippen LogP contribution < -0.4 is 5.73 Å². The SMILES string of the molecule is NC1CCCCCC1C(=O)N1CCC2(CCCCC2)CC1. The van der Waals surface area contributed by atoms with Crippen molar-refractivity contribution in [3.05, 3.63) is 0 Å². The van der Waals surface area contributed by atoms with E-state index in [1.807, 2.05) is 0 Å². The summed E-state index contributed by atoms with van der Waals surface area (Å²) in [5, 5.41) is 0. The first-order valence-electron chi connectivity index (χ1n) is 9.25. The Morgan fingerprint density at radius 1 is 0.857 bits per heavy atom. The molecule has 0 bridgehead atoms. The summed E-state index contributed by atoms with van der Waals surface area (Å²) >= 11 is 0. The number of nitrogens with two attached hydrogens (primary N) is 1. The molecule has 21 heavy (non-hydrogen) atoms. The minimum Gasteiger partial charge on any atom is -0.342 e. The predicted octanol–water partition coefficient (Wildman–Crippen LogP) is 3.47. The molecule has 1 aliphatic heterocycles. The topological polar surface area (TPSA) is 46.3 Å². The zero-order valence-electron chi connectivity index (χ0n) is 13.5. The fourth-order valence-electron chi connectivity index (χ4n) is 4.88. The van der Waals surface area contributed by atoms with Gasteiger partial charge in [-0.15, -0.1) is 0 Å². The average Bonchev–Trinajstić information content (AvgIpc) is 2.73. The molecule has 2 N–H and O–H groups in total. The Morgan fingerprint density at radius 3 is 2.19 bits per heavy atom. The Hall–Kier alpha value is -0.570. The second-order valence-corrected chi connectivity index (χ2v) is 7.79. The molecule has 2 unspecified atom stereocenters. The molecule has 0 aromatic rings. The first kappa shape index (κ1) is 15.3. The van der Waals surface area contributed by atoms with Crippen molar-refractivity contribution >= 4 is 5.91 Å². The summed E-state index contributed by atoms with van der Waals surface area (Å²) in [6.07, 6.45) is 15.2. The lowest BCUT2D eigenvalue weighted by Crippen LogP contribution is -2.49. The van der Waals surface area contributed by atoms with Crippen LogP contribution in [-0.2, 0) is 4.79 Å². The van der Waals surface area contributed by atoms with E-state index in [2.05, 4.69) is 4.90 Å². The molecule has 2 atom stereocenters. The molecule has 3 heteroatoms. The van der Waals surface area contributed by atoms with Crippen molar-refractivity contribution in [1.29, 1.82) is 0 Å². The predicted molar refractivity (Wildman–Crippen MR) is 85.9 cm³/mol. The molecular weight excluding hydrogens is 260 g/mol. The summed E-state index contributed by atoms with van der Waals surface area (Å²) in [4.78, 5) is 15.0. The van der Waals surface area contributed by atoms with Crippen LogP contribution in [0.4, 0.5) is 0 Å². The Kier molecular flexibility index (Phi) is 4.88. The smallest absolute Gasteiger partial charge is 0.227 e. The molecule has 2 saturated carbocycles. The third-order valence-corrected chi connectivity index (χ3v) is 6.44. The number of piperidine rings is 1. The van der Waals surface area contributed by atoms with E-state index in [-0.39, 0.29) is 12.0 Å². The summed E-state index contributed by atoms with van der Waals surface area (Å²) in [5.41, 5.74) is 6.86. The molecule has 3 nitrogen and oxygen atoms in total. The van der Waals surface area contributed by atoms with Crippen LogP contribution in [0.1, 0.15) is 77.0 Å². The highest BCUT2D eigenvalue weighted by Crippen LogP contribution is 2.44. The third kappa shape index (κ3) is 3.44. The quantitative estimate of drug-likeness (QED) is 0.752. The van der Waals surface area contributed by atoms with Crippen molar-refractivity contribution in [3.8, 4) is 0 Å². The second-order valence-electron chi connectivity index (χ2n) is 7.79. The molecule has 3 aliphatic rings. The number of likely N-dealkylation sites (tertiary alicyclic amines) is 1. The van der Waals surface area contributed by atoms with Gasteiger partial charge in [0.25, 0.3) is 0 Å². The Morgan fingerprint density at radius 2 is 1.48 bits per heavy atom. The van der Waals surface area contributed by atoms with Crippen LogP contribution in [0.2, 0.25) is 0 Å². The first-order chi connectivity index (χ1) is 10.2. The number of hydrogen-bond donors (Lipinski definition) is 1. The van der Waals surface area contributed by atoms with E-state index in [1.165, 1.54) is 64.2 Å². The normalized spacial score (nSPS) is 33.7. The Bertz CT molecular complexity index is 352. The minimum atomic E-state index is 0.102. The standard InChI is InChI=1S/C18H32N2O/c19-16-8-4-1-3-7-15(16)17(21)20-13-11-18(12-14-20)9-5-2-6-10-18/h15-16H,1-14,19H2. The highest BCUT2D eigenvalue weighted by molar-refractivity contribution is 5.79. The van der Waals surface area contributed by atoms with E-state index < -0.39 is 0 Å². The number of carbonyl (C=O) groups excluding carboxylic acids is 1. The molecule has 1 saturated heterocycles. The summed E-state index contributed by atoms with van der Waals surface area (Å²) in [6, 6.07) is 0.102. The van der Waals surface area contributed by atoms with Crippen molar-refractivity contribution in [2.45, 2.75) is 83.1 Å². The van der Waals surface area contributed by atoms with Gasteiger partial charge in [0.05, 0.1) is 5.92 Å². The van der Waals surface area contributed by atoms with Gasteiger partial charge in [0.2, 0.25) is 5.91 Å². The number of amides is 1. The molecule has 2 aliphatic carbocycles. The molecule has 120 valence electrons. The fourth-order valence-corrected chi connectivity index (χ4v) is 4.88. The van der Waals surface area contributed by atoms with Gasteiger partial charge in [0, 0.05) is 19.1 Å². The lowest BCUT2D eigenvalue weighted by Gasteiger charge is -2.45. The average molecular weight is 292 g/mol. The van der Waals surface area contributed by atoms with Crippen LogP contribution >= 0.6 is 0 Å². The van der Waals surface area contributed by atoms with E-state index in [0.29, 0.717) is 11.3 Å². The number of carbonyl (C=O) groups is 1. The van der Waals surface area contributed by atoms with Crippen LogP contribution in [0.3, 0.4) is 0 Å². The highest BCUT2D eigenvalue weighted by Gasteiger charge is 2.38. The van der Waals surface area contributed by atoms with Crippen molar-refractivity contribution in [2.75, 3.05) is 13.1 Å². The van der Waals surface area contributed by atoms with Crippen LogP contribution in [0.25, 0.3) is 0 Å². The van der Waals surface area contributed by atoms with E-state index >= 15 is 0 Å². The zero-order valence-corrected chi connectivity index (χ0v) is 13.5. The molecule has 0 aromatic heterocycles. The monoisotopic (exact) mass is 292 g/mol. The summed E-state index contributed by atoms with van der Waals surface area (Å²) in [7, 11) is 0. The van der Waals surface area contributed by atoms with Crippen LogP contribution in [0.5, 0.6) is 0 Å². The van der Waals surface area contributed by atoms with Crippen molar-refractivity contribution in [1.82, 2.24) is 4.90 Å². The maximum atomic E-state index is 12.8. The number of nitrogens with zero attached hydrogens (tertiary/aromatic N) is 1. The van der Waals surface area contributed by atoms with Crippen molar-refractivity contribution in [3.63, 3.8) is 0 Å². The Labute approximate surface area is 129 Å². The van der Waals surface area contributed by atoms with Gasteiger partial charge in [-0.05, 0) is 43.9 Å². The van der Waals surface area contributed by atoms with E-state index in [1.54, 1.807) is 0 Å². The van der Waals surface area contributed by atoms with Gasteiger partial charge in [0.1, 0.15) is 0 Å². The largest absolute Gasteiger partial charge is 0.342 e. The molecular formula is C18H32N2O. The molecule has 1 spiro atoms. The maximum Gasteiger partial charge on any atom is 0.227 e. The summed E-state index contributed by atoms with van der Waals surface area (Å²) in [5.74, 6) is 0.475. The van der Waals surface area contributed by atoms with E-state index in [0.717, 1.165) is 25.9 Å². The zero-order chi connectivity index (χ0) is 14.7. The molecule has 1 heterocycles. The van der Waals surface area contributed by atoms with Crippen LogP contribution in [0, 0.1) is 11.3 Å². The van der Waals surface area contributed by atoms with Gasteiger partial charge >= 0.3 is 0 Å². The van der Waals surface area contributed by atoms with Gasteiger partial charge in [0.15, 0.2) is 0 Å². The molecule has 0 aromatic carbocycles. The van der Waals surface area contributed by atoms with Crippen molar-refractivity contribution < 1.29 is 4.79 Å². The fraction of sp³-hybridized carbons (Fsp3) is 0.944. The summed E-state index contributed by atoms with van der Waals surface area (Å²) < 4.78 is 0. The van der Waals surface area contributed by atoms with Gasteiger partial charge < -0.3 is 10.6 Å². The molecule has 0 radical (unpaired) electrons. The third-order valence-electron chi connectivity index (χ3n) is 6.44. The molecule has 3 fully saturated rings. The van der Waals surface area contributed by atoms with Crippen LogP contribution in [-0.4, -0.2) is 29.9 Å². The first-order valence-corrected chi connectivity index (χ1v) is 9.25. The van der Waals surface area contributed by atoms with E-state index in [9.17, 15) is 4.79 Å². The number of hydrogen-bond acceptors (Lipinski definition) is 2. The highest BCUT2D eigenvalue weighted by atomic mass is 16.2. The Balaban J connectivity index is 1.56. The van der Waals surface area contributed by atoms with Crippen molar-refractivity contribution in [2.24, 2.45) is 17.1 Å².